The van der Waals surface area contributed by atoms with E-state index in [2.05, 4.69) is 20.0 Å². The lowest BCUT2D eigenvalue weighted by Gasteiger charge is -2.09. The molecule has 1 amide bonds. The summed E-state index contributed by atoms with van der Waals surface area (Å²) in [6.07, 6.45) is 0. The monoisotopic (exact) mass is 339 g/mol. The number of carbonyl (C=O) groups excluding carboxylic acids is 1. The molecule has 0 radical (unpaired) electrons. The Kier molecular flexibility index (Phi) is 4.65. The predicted octanol–water partition coefficient (Wildman–Crippen LogP) is 2.66. The Bertz CT molecular complexity index is 941. The third kappa shape index (κ3) is 4.14. The number of amides is 1. The number of hydrogen-bond acceptors (Lipinski definition) is 5. The highest BCUT2D eigenvalue weighted by Gasteiger charge is 2.07. The molecule has 0 atom stereocenters. The van der Waals surface area contributed by atoms with Crippen LogP contribution in [-0.4, -0.2) is 22.7 Å². The van der Waals surface area contributed by atoms with Gasteiger partial charge in [-0.1, -0.05) is 11.2 Å². The van der Waals surface area contributed by atoms with E-state index in [1.165, 1.54) is 5.56 Å². The summed E-state index contributed by atoms with van der Waals surface area (Å²) in [7, 11) is 0. The van der Waals surface area contributed by atoms with E-state index >= 15 is 0 Å². The van der Waals surface area contributed by atoms with Crippen LogP contribution in [0.15, 0.2) is 51.8 Å². The van der Waals surface area contributed by atoms with Crippen LogP contribution in [0.25, 0.3) is 11.4 Å². The number of nitrogens with one attached hydrogen (secondary N) is 2. The van der Waals surface area contributed by atoms with Gasteiger partial charge in [0.05, 0.1) is 0 Å². The first kappa shape index (κ1) is 16.5. The molecule has 0 saturated heterocycles. The SMILES string of the molecule is Cc1ccc(OCC(=O)Nc2ccc(-c3noc(=O)[nH]3)cc2)cc1C. The first-order valence-corrected chi connectivity index (χ1v) is 7.67. The average Bonchev–Trinajstić information content (AvgIpc) is 3.03. The van der Waals surface area contributed by atoms with Gasteiger partial charge in [0.2, 0.25) is 0 Å². The molecule has 0 unspecified atom stereocenters. The summed E-state index contributed by atoms with van der Waals surface area (Å²) >= 11 is 0. The third-order valence-corrected chi connectivity index (χ3v) is 3.73. The van der Waals surface area contributed by atoms with E-state index in [4.69, 9.17) is 4.74 Å². The van der Waals surface area contributed by atoms with Gasteiger partial charge in [0.1, 0.15) is 5.75 Å². The van der Waals surface area contributed by atoms with Crippen LogP contribution in [0.4, 0.5) is 5.69 Å². The van der Waals surface area contributed by atoms with Crippen LogP contribution < -0.4 is 15.8 Å². The summed E-state index contributed by atoms with van der Waals surface area (Å²) in [6.45, 7) is 3.93. The zero-order valence-corrected chi connectivity index (χ0v) is 13.8. The van der Waals surface area contributed by atoms with Crippen LogP contribution in [0.1, 0.15) is 11.1 Å². The fourth-order valence-electron chi connectivity index (χ4n) is 2.22. The van der Waals surface area contributed by atoms with Crippen LogP contribution in [-0.2, 0) is 4.79 Å². The van der Waals surface area contributed by atoms with Gasteiger partial charge in [-0.3, -0.25) is 14.3 Å². The molecule has 1 heterocycles. The molecule has 7 nitrogen and oxygen atoms in total. The number of rotatable bonds is 5. The van der Waals surface area contributed by atoms with Crippen molar-refractivity contribution in [1.82, 2.24) is 10.1 Å². The number of anilines is 1. The number of aryl methyl sites for hydroxylation is 2. The molecule has 1 aromatic heterocycles. The van der Waals surface area contributed by atoms with Gasteiger partial charge < -0.3 is 10.1 Å². The largest absolute Gasteiger partial charge is 0.484 e. The highest BCUT2D eigenvalue weighted by Crippen LogP contribution is 2.18. The topological polar surface area (TPSA) is 97.2 Å². The summed E-state index contributed by atoms with van der Waals surface area (Å²) in [5.41, 5.74) is 3.57. The quantitative estimate of drug-likeness (QED) is 0.745. The third-order valence-electron chi connectivity index (χ3n) is 3.73. The van der Waals surface area contributed by atoms with Crippen LogP contribution in [0, 0.1) is 13.8 Å². The number of aromatic amines is 1. The Morgan fingerprint density at radius 3 is 2.56 bits per heavy atom. The second kappa shape index (κ2) is 7.04. The van der Waals surface area contributed by atoms with Gasteiger partial charge in [0.25, 0.3) is 5.91 Å². The average molecular weight is 339 g/mol. The van der Waals surface area contributed by atoms with Crippen molar-refractivity contribution in [3.05, 3.63) is 64.1 Å². The van der Waals surface area contributed by atoms with Crippen molar-refractivity contribution in [3.8, 4) is 17.1 Å². The summed E-state index contributed by atoms with van der Waals surface area (Å²) in [4.78, 5) is 25.4. The molecule has 0 saturated carbocycles. The molecule has 2 aromatic carbocycles. The molecular weight excluding hydrogens is 322 g/mol. The molecule has 7 heteroatoms. The van der Waals surface area contributed by atoms with Gasteiger partial charge in [-0.05, 0) is 61.4 Å². The molecular formula is C18H17N3O4. The minimum atomic E-state index is -0.615. The summed E-state index contributed by atoms with van der Waals surface area (Å²) in [5, 5.41) is 6.34. The molecule has 3 aromatic rings. The van der Waals surface area contributed by atoms with Crippen molar-refractivity contribution < 1.29 is 14.1 Å². The molecule has 0 bridgehead atoms. The summed E-state index contributed by atoms with van der Waals surface area (Å²) in [5.74, 6) is 0.112. The number of ether oxygens (including phenoxy) is 1. The Labute approximate surface area is 143 Å². The van der Waals surface area contributed by atoms with Crippen molar-refractivity contribution in [2.45, 2.75) is 13.8 Å². The number of benzene rings is 2. The van der Waals surface area contributed by atoms with Gasteiger partial charge in [0, 0.05) is 11.3 Å². The lowest BCUT2D eigenvalue weighted by atomic mass is 10.1. The minimum Gasteiger partial charge on any atom is -0.484 e. The Balaban J connectivity index is 1.57. The van der Waals surface area contributed by atoms with Gasteiger partial charge >= 0.3 is 5.76 Å². The molecule has 3 rings (SSSR count). The molecule has 0 aliphatic carbocycles. The van der Waals surface area contributed by atoms with Crippen LogP contribution in [0.5, 0.6) is 5.75 Å². The van der Waals surface area contributed by atoms with Crippen molar-refractivity contribution in [3.63, 3.8) is 0 Å². The van der Waals surface area contributed by atoms with Crippen LogP contribution >= 0.6 is 0 Å². The smallest absolute Gasteiger partial charge is 0.439 e. The number of carbonyl (C=O) groups is 1. The molecule has 25 heavy (non-hydrogen) atoms. The maximum absolute atomic E-state index is 12.0. The van der Waals surface area contributed by atoms with E-state index < -0.39 is 5.76 Å². The zero-order chi connectivity index (χ0) is 17.8. The minimum absolute atomic E-state index is 0.0825. The Hall–Kier alpha value is -3.35. The maximum Gasteiger partial charge on any atom is 0.439 e. The highest BCUT2D eigenvalue weighted by molar-refractivity contribution is 5.92. The molecule has 0 fully saturated rings. The fourth-order valence-corrected chi connectivity index (χ4v) is 2.22. The lowest BCUT2D eigenvalue weighted by molar-refractivity contribution is -0.118. The molecule has 0 aliphatic heterocycles. The fraction of sp³-hybridized carbons (Fsp3) is 0.167. The predicted molar refractivity (Wildman–Crippen MR) is 92.6 cm³/mol. The Morgan fingerprint density at radius 2 is 1.92 bits per heavy atom. The van der Waals surface area contributed by atoms with E-state index in [1.807, 2.05) is 32.0 Å². The maximum atomic E-state index is 12.0. The van der Waals surface area contributed by atoms with Gasteiger partial charge in [0.15, 0.2) is 12.4 Å². The van der Waals surface area contributed by atoms with E-state index in [1.54, 1.807) is 24.3 Å². The van der Waals surface area contributed by atoms with E-state index in [9.17, 15) is 9.59 Å². The van der Waals surface area contributed by atoms with Crippen LogP contribution in [0.2, 0.25) is 0 Å². The Morgan fingerprint density at radius 1 is 1.16 bits per heavy atom. The van der Waals surface area contributed by atoms with Crippen LogP contribution in [0.3, 0.4) is 0 Å². The number of H-pyrrole nitrogens is 1. The van der Waals surface area contributed by atoms with Gasteiger partial charge in [-0.15, -0.1) is 0 Å². The number of aromatic nitrogens is 2. The van der Waals surface area contributed by atoms with Crippen molar-refractivity contribution in [2.24, 2.45) is 0 Å². The summed E-state index contributed by atoms with van der Waals surface area (Å²) < 4.78 is 9.95. The van der Waals surface area contributed by atoms with Crippen molar-refractivity contribution >= 4 is 11.6 Å². The van der Waals surface area contributed by atoms with Crippen molar-refractivity contribution in [2.75, 3.05) is 11.9 Å². The van der Waals surface area contributed by atoms with Gasteiger partial charge in [-0.2, -0.15) is 0 Å². The standard InChI is InChI=1S/C18H17N3O4/c1-11-3-8-15(9-12(11)2)24-10-16(22)19-14-6-4-13(5-7-14)17-20-18(23)25-21-17/h3-9H,10H2,1-2H3,(H,19,22)(H,20,21,23). The first-order valence-electron chi connectivity index (χ1n) is 7.67. The van der Waals surface area contributed by atoms with Gasteiger partial charge in [-0.25, -0.2) is 4.79 Å². The second-order valence-electron chi connectivity index (χ2n) is 5.60. The molecule has 0 aliphatic rings. The molecule has 0 spiro atoms. The zero-order valence-electron chi connectivity index (χ0n) is 13.8. The summed E-state index contributed by atoms with van der Waals surface area (Å²) in [6, 6.07) is 12.5. The lowest BCUT2D eigenvalue weighted by Crippen LogP contribution is -2.20. The normalized spacial score (nSPS) is 10.5. The second-order valence-corrected chi connectivity index (χ2v) is 5.60. The van der Waals surface area contributed by atoms with E-state index in [0.717, 1.165) is 5.56 Å². The van der Waals surface area contributed by atoms with E-state index in [0.29, 0.717) is 22.8 Å². The number of nitrogens with zero attached hydrogens (tertiary/aromatic N) is 1. The van der Waals surface area contributed by atoms with E-state index in [-0.39, 0.29) is 12.5 Å². The first-order chi connectivity index (χ1) is 12.0. The molecule has 128 valence electrons. The van der Waals surface area contributed by atoms with Crippen molar-refractivity contribution in [1.29, 1.82) is 0 Å². The highest BCUT2D eigenvalue weighted by atomic mass is 16.5. The number of hydrogen-bond donors (Lipinski definition) is 2. The molecule has 2 N–H and O–H groups in total.